The summed E-state index contributed by atoms with van der Waals surface area (Å²) in [5, 5.41) is 0. The topological polar surface area (TPSA) is 0 Å². The maximum Gasteiger partial charge on any atom is 0.165 e. The molecule has 0 unspecified atom stereocenters. The third-order valence-corrected chi connectivity index (χ3v) is 2.07. The fraction of sp³-hybridized carbons (Fsp3) is 0.333. The van der Waals surface area contributed by atoms with Crippen molar-refractivity contribution < 1.29 is 13.2 Å². The average molecular weight is 172 g/mol. The lowest BCUT2D eigenvalue weighted by atomic mass is 10.1. The van der Waals surface area contributed by atoms with Crippen LogP contribution in [0.3, 0.4) is 0 Å². The Hall–Kier alpha value is -0.990. The predicted molar refractivity (Wildman–Crippen MR) is 38.3 cm³/mol. The van der Waals surface area contributed by atoms with Crippen molar-refractivity contribution in [1.82, 2.24) is 0 Å². The first kappa shape index (κ1) is 7.65. The molecule has 1 aliphatic rings. The van der Waals surface area contributed by atoms with Crippen molar-refractivity contribution >= 4 is 0 Å². The molecule has 0 saturated heterocycles. The average Bonchev–Trinajstić information content (AvgIpc) is 2.81. The van der Waals surface area contributed by atoms with Crippen LogP contribution in [0.1, 0.15) is 24.3 Å². The Labute approximate surface area is 68.0 Å². The number of benzene rings is 1. The van der Waals surface area contributed by atoms with Crippen LogP contribution in [0.25, 0.3) is 0 Å². The van der Waals surface area contributed by atoms with Gasteiger partial charge in [-0.15, -0.1) is 0 Å². The molecule has 3 heteroatoms. The second-order valence-corrected chi connectivity index (χ2v) is 3.03. The van der Waals surface area contributed by atoms with Gasteiger partial charge in [0.1, 0.15) is 5.82 Å². The van der Waals surface area contributed by atoms with Crippen LogP contribution in [0.15, 0.2) is 12.1 Å². The maximum atomic E-state index is 12.9. The van der Waals surface area contributed by atoms with Gasteiger partial charge in [-0.1, -0.05) is 0 Å². The summed E-state index contributed by atoms with van der Waals surface area (Å²) in [5.74, 6) is -2.70. The lowest BCUT2D eigenvalue weighted by Crippen LogP contribution is -1.96. The molecule has 0 aromatic heterocycles. The molecule has 0 heterocycles. The summed E-state index contributed by atoms with van der Waals surface area (Å²) >= 11 is 0. The molecule has 1 fully saturated rings. The van der Waals surface area contributed by atoms with Gasteiger partial charge in [-0.3, -0.25) is 0 Å². The molecule has 0 aliphatic heterocycles. The minimum absolute atomic E-state index is 0.0741. The standard InChI is InChI=1S/C9H7F3/c10-6-3-4-7(11)9(12)8(6)5-1-2-5/h3-5H,1-2H2. The van der Waals surface area contributed by atoms with E-state index in [0.29, 0.717) is 0 Å². The van der Waals surface area contributed by atoms with E-state index in [4.69, 9.17) is 0 Å². The fourth-order valence-corrected chi connectivity index (χ4v) is 1.29. The van der Waals surface area contributed by atoms with Crippen molar-refractivity contribution in [2.75, 3.05) is 0 Å². The smallest absolute Gasteiger partial charge is 0.165 e. The SMILES string of the molecule is Fc1ccc(F)c(C2CC2)c1F. The summed E-state index contributed by atoms with van der Waals surface area (Å²) in [6.45, 7) is 0. The Bertz CT molecular complexity index is 316. The van der Waals surface area contributed by atoms with Gasteiger partial charge in [-0.25, -0.2) is 13.2 Å². The molecule has 0 nitrogen and oxygen atoms in total. The van der Waals surface area contributed by atoms with Gasteiger partial charge in [-0.05, 0) is 30.9 Å². The van der Waals surface area contributed by atoms with Crippen LogP contribution in [0.4, 0.5) is 13.2 Å². The van der Waals surface area contributed by atoms with Crippen molar-refractivity contribution in [2.45, 2.75) is 18.8 Å². The Kier molecular flexibility index (Phi) is 1.60. The lowest BCUT2D eigenvalue weighted by Gasteiger charge is -2.02. The number of halogens is 3. The molecule has 1 aromatic rings. The molecule has 0 atom stereocenters. The van der Waals surface area contributed by atoms with Crippen LogP contribution >= 0.6 is 0 Å². The van der Waals surface area contributed by atoms with Crippen molar-refractivity contribution in [1.29, 1.82) is 0 Å². The first-order valence-corrected chi connectivity index (χ1v) is 3.83. The molecule has 0 amide bonds. The van der Waals surface area contributed by atoms with Crippen LogP contribution in [0.5, 0.6) is 0 Å². The monoisotopic (exact) mass is 172 g/mol. The van der Waals surface area contributed by atoms with E-state index in [1.807, 2.05) is 0 Å². The molecule has 0 radical (unpaired) electrons. The van der Waals surface area contributed by atoms with E-state index in [1.165, 1.54) is 0 Å². The molecule has 1 aliphatic carbocycles. The number of hydrogen-bond donors (Lipinski definition) is 0. The molecule has 64 valence electrons. The minimum atomic E-state index is -1.02. The molecular weight excluding hydrogens is 165 g/mol. The van der Waals surface area contributed by atoms with Crippen LogP contribution in [0.2, 0.25) is 0 Å². The van der Waals surface area contributed by atoms with Gasteiger partial charge in [0, 0.05) is 5.56 Å². The highest BCUT2D eigenvalue weighted by Crippen LogP contribution is 2.42. The minimum Gasteiger partial charge on any atom is -0.207 e. The van der Waals surface area contributed by atoms with Crippen molar-refractivity contribution in [3.8, 4) is 0 Å². The molecule has 0 spiro atoms. The van der Waals surface area contributed by atoms with E-state index in [1.54, 1.807) is 0 Å². The van der Waals surface area contributed by atoms with Crippen molar-refractivity contribution in [3.63, 3.8) is 0 Å². The first-order chi connectivity index (χ1) is 5.70. The van der Waals surface area contributed by atoms with Crippen LogP contribution in [0, 0.1) is 17.5 Å². The summed E-state index contributed by atoms with van der Waals surface area (Å²) in [4.78, 5) is 0. The highest BCUT2D eigenvalue weighted by Gasteiger charge is 2.30. The molecule has 12 heavy (non-hydrogen) atoms. The van der Waals surface area contributed by atoms with Crippen molar-refractivity contribution in [2.24, 2.45) is 0 Å². The van der Waals surface area contributed by atoms with Crippen LogP contribution in [-0.4, -0.2) is 0 Å². The zero-order valence-corrected chi connectivity index (χ0v) is 6.28. The Morgan fingerprint density at radius 1 is 1.00 bits per heavy atom. The second-order valence-electron chi connectivity index (χ2n) is 3.03. The van der Waals surface area contributed by atoms with E-state index in [9.17, 15) is 13.2 Å². The van der Waals surface area contributed by atoms with E-state index in [2.05, 4.69) is 0 Å². The van der Waals surface area contributed by atoms with Gasteiger partial charge in [-0.2, -0.15) is 0 Å². The highest BCUT2D eigenvalue weighted by molar-refractivity contribution is 5.28. The second kappa shape index (κ2) is 2.51. The zero-order valence-electron chi connectivity index (χ0n) is 6.28. The third kappa shape index (κ3) is 1.09. The maximum absolute atomic E-state index is 12.9. The summed E-state index contributed by atoms with van der Waals surface area (Å²) < 4.78 is 38.5. The third-order valence-electron chi connectivity index (χ3n) is 2.07. The zero-order chi connectivity index (χ0) is 8.72. The van der Waals surface area contributed by atoms with Gasteiger partial charge >= 0.3 is 0 Å². The summed E-state index contributed by atoms with van der Waals surface area (Å²) in [7, 11) is 0. The van der Waals surface area contributed by atoms with Crippen molar-refractivity contribution in [3.05, 3.63) is 35.1 Å². The van der Waals surface area contributed by atoms with E-state index in [-0.39, 0.29) is 11.5 Å². The normalized spacial score (nSPS) is 16.6. The van der Waals surface area contributed by atoms with Gasteiger partial charge in [0.2, 0.25) is 0 Å². The van der Waals surface area contributed by atoms with Gasteiger partial charge in [0.05, 0.1) is 0 Å². The largest absolute Gasteiger partial charge is 0.207 e. The predicted octanol–water partition coefficient (Wildman–Crippen LogP) is 2.98. The molecule has 2 rings (SSSR count). The van der Waals surface area contributed by atoms with E-state index in [0.717, 1.165) is 25.0 Å². The Morgan fingerprint density at radius 2 is 1.58 bits per heavy atom. The van der Waals surface area contributed by atoms with Gasteiger partial charge in [0.25, 0.3) is 0 Å². The van der Waals surface area contributed by atoms with Crippen LogP contribution < -0.4 is 0 Å². The van der Waals surface area contributed by atoms with Crippen LogP contribution in [-0.2, 0) is 0 Å². The number of hydrogen-bond acceptors (Lipinski definition) is 0. The highest BCUT2D eigenvalue weighted by atomic mass is 19.2. The first-order valence-electron chi connectivity index (χ1n) is 3.83. The summed E-state index contributed by atoms with van der Waals surface area (Å²) in [6.07, 6.45) is 1.52. The fourth-order valence-electron chi connectivity index (χ4n) is 1.29. The molecule has 1 saturated carbocycles. The molecular formula is C9H7F3. The molecule has 1 aromatic carbocycles. The van der Waals surface area contributed by atoms with E-state index >= 15 is 0 Å². The Balaban J connectivity index is 2.55. The van der Waals surface area contributed by atoms with Gasteiger partial charge in [0.15, 0.2) is 11.6 Å². The molecule has 0 bridgehead atoms. The van der Waals surface area contributed by atoms with E-state index < -0.39 is 17.5 Å². The quantitative estimate of drug-likeness (QED) is 0.571. The molecule has 0 N–H and O–H groups in total. The summed E-state index contributed by atoms with van der Waals surface area (Å²) in [5.41, 5.74) is -0.0741. The number of rotatable bonds is 1. The lowest BCUT2D eigenvalue weighted by molar-refractivity contribution is 0.480. The Morgan fingerprint density at radius 3 is 2.17 bits per heavy atom. The van der Waals surface area contributed by atoms with Gasteiger partial charge < -0.3 is 0 Å². The summed E-state index contributed by atoms with van der Waals surface area (Å²) in [6, 6.07) is 1.79.